The van der Waals surface area contributed by atoms with Crippen molar-refractivity contribution in [2.75, 3.05) is 0 Å². The first kappa shape index (κ1) is 15.9. The summed E-state index contributed by atoms with van der Waals surface area (Å²) in [6.45, 7) is 3.18. The second-order valence-electron chi connectivity index (χ2n) is 6.92. The van der Waals surface area contributed by atoms with Gasteiger partial charge in [0.2, 0.25) is 0 Å². The smallest absolute Gasteiger partial charge is 0.337 e. The van der Waals surface area contributed by atoms with Gasteiger partial charge in [0.15, 0.2) is 0 Å². The molecule has 1 N–H and O–H groups in total. The number of nitrogens with zero attached hydrogens (tertiary/aromatic N) is 2. The van der Waals surface area contributed by atoms with Crippen molar-refractivity contribution in [3.63, 3.8) is 0 Å². The summed E-state index contributed by atoms with van der Waals surface area (Å²) in [6.07, 6.45) is 7.91. The van der Waals surface area contributed by atoms with Gasteiger partial charge in [-0.1, -0.05) is 13.0 Å². The summed E-state index contributed by atoms with van der Waals surface area (Å²) in [5.74, 6) is -0.380. The molecule has 1 aliphatic rings. The first-order chi connectivity index (χ1) is 12.2. The van der Waals surface area contributed by atoms with Gasteiger partial charge in [0.1, 0.15) is 0 Å². The second kappa shape index (κ2) is 6.36. The van der Waals surface area contributed by atoms with Gasteiger partial charge in [-0.2, -0.15) is 0 Å². The molecule has 1 saturated carbocycles. The molecule has 3 aromatic rings. The van der Waals surface area contributed by atoms with Crippen LogP contribution in [-0.2, 0) is 13.0 Å². The lowest BCUT2D eigenvalue weighted by Gasteiger charge is -2.09. The van der Waals surface area contributed by atoms with Crippen LogP contribution in [0.25, 0.3) is 10.9 Å². The Morgan fingerprint density at radius 1 is 1.28 bits per heavy atom. The summed E-state index contributed by atoms with van der Waals surface area (Å²) in [5.41, 5.74) is 4.36. The van der Waals surface area contributed by atoms with Crippen LogP contribution in [0, 0.1) is 0 Å². The summed E-state index contributed by atoms with van der Waals surface area (Å²) in [6, 6.07) is 10.3. The SMILES string of the molecule is CCCn1ccc2cc(Cc3ncc(C4CC4)cc3C(=O)O)ccc21. The van der Waals surface area contributed by atoms with Crippen LogP contribution in [-0.4, -0.2) is 20.6 Å². The lowest BCUT2D eigenvalue weighted by Crippen LogP contribution is -2.07. The van der Waals surface area contributed by atoms with Gasteiger partial charge >= 0.3 is 5.97 Å². The Morgan fingerprint density at radius 3 is 2.84 bits per heavy atom. The maximum atomic E-state index is 11.7. The molecule has 1 aromatic carbocycles. The lowest BCUT2D eigenvalue weighted by molar-refractivity contribution is 0.0695. The molecule has 0 atom stereocenters. The van der Waals surface area contributed by atoms with Crippen LogP contribution >= 0.6 is 0 Å². The molecular formula is C21H22N2O2. The highest BCUT2D eigenvalue weighted by Crippen LogP contribution is 2.40. The highest BCUT2D eigenvalue weighted by Gasteiger charge is 2.25. The third-order valence-electron chi connectivity index (χ3n) is 4.94. The minimum atomic E-state index is -0.889. The number of hydrogen-bond donors (Lipinski definition) is 1. The number of carboxylic acids is 1. The maximum absolute atomic E-state index is 11.7. The Kier molecular flexibility index (Phi) is 4.04. The number of rotatable bonds is 6. The number of aromatic carboxylic acids is 1. The van der Waals surface area contributed by atoms with Crippen molar-refractivity contribution in [3.8, 4) is 0 Å². The molecule has 0 amide bonds. The monoisotopic (exact) mass is 334 g/mol. The van der Waals surface area contributed by atoms with E-state index in [9.17, 15) is 9.90 Å². The fraction of sp³-hybridized carbons (Fsp3) is 0.333. The van der Waals surface area contributed by atoms with Crippen LogP contribution in [0.15, 0.2) is 42.7 Å². The van der Waals surface area contributed by atoms with Crippen LogP contribution in [0.3, 0.4) is 0 Å². The van der Waals surface area contributed by atoms with E-state index in [-0.39, 0.29) is 0 Å². The van der Waals surface area contributed by atoms with Gasteiger partial charge in [-0.3, -0.25) is 4.98 Å². The third-order valence-corrected chi connectivity index (χ3v) is 4.94. The molecule has 1 aliphatic carbocycles. The average molecular weight is 334 g/mol. The predicted octanol–water partition coefficient (Wildman–Crippen LogP) is 4.61. The second-order valence-corrected chi connectivity index (χ2v) is 6.92. The summed E-state index contributed by atoms with van der Waals surface area (Å²) in [7, 11) is 0. The Balaban J connectivity index is 1.65. The van der Waals surface area contributed by atoms with Crippen molar-refractivity contribution in [1.29, 1.82) is 0 Å². The lowest BCUT2D eigenvalue weighted by atomic mass is 10.0. The highest BCUT2D eigenvalue weighted by atomic mass is 16.4. The van der Waals surface area contributed by atoms with Crippen molar-refractivity contribution < 1.29 is 9.90 Å². The molecule has 25 heavy (non-hydrogen) atoms. The summed E-state index contributed by atoms with van der Waals surface area (Å²) >= 11 is 0. The van der Waals surface area contributed by atoms with Gasteiger partial charge in [0.05, 0.1) is 11.3 Å². The zero-order valence-corrected chi connectivity index (χ0v) is 14.4. The first-order valence-corrected chi connectivity index (χ1v) is 8.95. The van der Waals surface area contributed by atoms with Crippen molar-refractivity contribution in [2.24, 2.45) is 0 Å². The van der Waals surface area contributed by atoms with Gasteiger partial charge < -0.3 is 9.67 Å². The molecule has 2 heterocycles. The van der Waals surface area contributed by atoms with Crippen LogP contribution in [0.5, 0.6) is 0 Å². The molecule has 0 spiro atoms. The van der Waals surface area contributed by atoms with Crippen LogP contribution in [0.1, 0.15) is 59.3 Å². The van der Waals surface area contributed by atoms with Crippen molar-refractivity contribution in [1.82, 2.24) is 9.55 Å². The standard InChI is InChI=1S/C21H22N2O2/c1-2-8-23-9-7-16-10-14(3-6-20(16)23)11-19-18(21(24)25)12-17(13-22-19)15-4-5-15/h3,6-7,9-10,12-13,15H,2,4-5,8,11H2,1H3,(H,24,25). The minimum Gasteiger partial charge on any atom is -0.478 e. The number of aryl methyl sites for hydroxylation is 1. The van der Waals surface area contributed by atoms with E-state index >= 15 is 0 Å². The van der Waals surface area contributed by atoms with Crippen LogP contribution in [0.2, 0.25) is 0 Å². The van der Waals surface area contributed by atoms with E-state index < -0.39 is 5.97 Å². The molecule has 4 nitrogen and oxygen atoms in total. The summed E-state index contributed by atoms with van der Waals surface area (Å²) in [4.78, 5) is 16.1. The fourth-order valence-electron chi connectivity index (χ4n) is 3.46. The quantitative estimate of drug-likeness (QED) is 0.716. The van der Waals surface area contributed by atoms with E-state index in [1.807, 2.05) is 12.3 Å². The van der Waals surface area contributed by atoms with Crippen LogP contribution < -0.4 is 0 Å². The van der Waals surface area contributed by atoms with E-state index in [0.29, 0.717) is 23.6 Å². The molecule has 1 fully saturated rings. The van der Waals surface area contributed by atoms with Gasteiger partial charge in [0, 0.05) is 30.9 Å². The number of fused-ring (bicyclic) bond motifs is 1. The fourth-order valence-corrected chi connectivity index (χ4v) is 3.46. The van der Waals surface area contributed by atoms with Gasteiger partial charge in [-0.05, 0) is 66.0 Å². The number of pyridine rings is 1. The zero-order valence-electron chi connectivity index (χ0n) is 14.4. The molecule has 0 unspecified atom stereocenters. The molecule has 0 saturated heterocycles. The number of aromatic nitrogens is 2. The van der Waals surface area contributed by atoms with Crippen molar-refractivity contribution >= 4 is 16.9 Å². The normalized spacial score (nSPS) is 14.1. The molecule has 128 valence electrons. The minimum absolute atomic E-state index is 0.341. The third kappa shape index (κ3) is 3.16. The number of hydrogen-bond acceptors (Lipinski definition) is 2. The summed E-state index contributed by atoms with van der Waals surface area (Å²) < 4.78 is 2.25. The molecule has 0 radical (unpaired) electrons. The maximum Gasteiger partial charge on any atom is 0.337 e. The molecule has 0 bridgehead atoms. The Bertz CT molecular complexity index is 938. The molecule has 4 rings (SSSR count). The predicted molar refractivity (Wildman–Crippen MR) is 98.2 cm³/mol. The van der Waals surface area contributed by atoms with Crippen LogP contribution in [0.4, 0.5) is 0 Å². The van der Waals surface area contributed by atoms with Gasteiger partial charge in [0.25, 0.3) is 0 Å². The first-order valence-electron chi connectivity index (χ1n) is 8.95. The van der Waals surface area contributed by atoms with E-state index in [4.69, 9.17) is 0 Å². The molecular weight excluding hydrogens is 312 g/mol. The number of carbonyl (C=O) groups is 1. The number of carboxylic acid groups (broad SMARTS) is 1. The average Bonchev–Trinajstić information content (AvgIpc) is 3.38. The van der Waals surface area contributed by atoms with E-state index in [1.165, 1.54) is 10.9 Å². The Labute approximate surface area is 147 Å². The molecule has 0 aliphatic heterocycles. The van der Waals surface area contributed by atoms with E-state index in [2.05, 4.69) is 46.9 Å². The molecule has 4 heteroatoms. The largest absolute Gasteiger partial charge is 0.478 e. The Morgan fingerprint density at radius 2 is 2.12 bits per heavy atom. The highest BCUT2D eigenvalue weighted by molar-refractivity contribution is 5.89. The van der Waals surface area contributed by atoms with Gasteiger partial charge in [-0.15, -0.1) is 0 Å². The van der Waals surface area contributed by atoms with E-state index in [0.717, 1.165) is 36.9 Å². The summed E-state index contributed by atoms with van der Waals surface area (Å²) in [5, 5.41) is 10.8. The van der Waals surface area contributed by atoms with Gasteiger partial charge in [-0.25, -0.2) is 4.79 Å². The molecule has 2 aromatic heterocycles. The zero-order chi connectivity index (χ0) is 17.4. The Hall–Kier alpha value is -2.62. The number of benzene rings is 1. The van der Waals surface area contributed by atoms with Crippen molar-refractivity contribution in [2.45, 2.75) is 45.1 Å². The topological polar surface area (TPSA) is 55.1 Å². The van der Waals surface area contributed by atoms with E-state index in [1.54, 1.807) is 0 Å². The van der Waals surface area contributed by atoms with Crippen molar-refractivity contribution in [3.05, 3.63) is 65.1 Å².